The van der Waals surface area contributed by atoms with E-state index in [0.717, 1.165) is 5.56 Å². The van der Waals surface area contributed by atoms with Crippen molar-refractivity contribution < 1.29 is 14.6 Å². The lowest BCUT2D eigenvalue weighted by atomic mass is 10.1. The number of rotatable bonds is 6. The summed E-state index contributed by atoms with van der Waals surface area (Å²) in [5.74, 6) is -0.184. The van der Waals surface area contributed by atoms with Gasteiger partial charge in [-0.05, 0) is 6.92 Å². The van der Waals surface area contributed by atoms with Crippen LogP contribution in [0.3, 0.4) is 0 Å². The number of hydrogen-bond donors (Lipinski definition) is 0. The van der Waals surface area contributed by atoms with Crippen LogP contribution in [0.4, 0.5) is 5.69 Å². The van der Waals surface area contributed by atoms with Crippen LogP contribution in [-0.4, -0.2) is 23.5 Å². The minimum atomic E-state index is -0.487. The highest BCUT2D eigenvalue weighted by atomic mass is 16.6. The second kappa shape index (κ2) is 7.12. The smallest absolute Gasteiger partial charge is 0.270 e. The largest absolute Gasteiger partial charge is 0.387 e. The van der Waals surface area contributed by atoms with Crippen LogP contribution in [0.15, 0.2) is 53.7 Å². The first kappa shape index (κ1) is 15.4. The number of ketones is 1. The number of non-ortho nitro benzene ring substituents is 1. The maximum Gasteiger partial charge on any atom is 0.270 e. The van der Waals surface area contributed by atoms with Crippen molar-refractivity contribution in [2.45, 2.75) is 6.92 Å². The van der Waals surface area contributed by atoms with Gasteiger partial charge < -0.3 is 4.84 Å². The summed E-state index contributed by atoms with van der Waals surface area (Å²) in [6.07, 6.45) is 1.33. The van der Waals surface area contributed by atoms with Gasteiger partial charge in [0.05, 0.1) is 11.1 Å². The molecule has 0 bridgehead atoms. The number of aryl methyl sites for hydroxylation is 1. The van der Waals surface area contributed by atoms with Crippen LogP contribution in [0.2, 0.25) is 0 Å². The number of nitro benzene ring substituents is 1. The molecule has 2 rings (SSSR count). The van der Waals surface area contributed by atoms with Gasteiger partial charge in [0.15, 0.2) is 6.61 Å². The van der Waals surface area contributed by atoms with Crippen LogP contribution >= 0.6 is 0 Å². The van der Waals surface area contributed by atoms with E-state index in [1.54, 1.807) is 24.3 Å². The first-order chi connectivity index (χ1) is 10.6. The van der Waals surface area contributed by atoms with E-state index in [2.05, 4.69) is 5.16 Å². The van der Waals surface area contributed by atoms with Gasteiger partial charge in [-0.15, -0.1) is 0 Å². The number of carbonyl (C=O) groups excluding carboxylic acids is 1. The van der Waals surface area contributed by atoms with Gasteiger partial charge in [0, 0.05) is 23.3 Å². The Morgan fingerprint density at radius 1 is 1.27 bits per heavy atom. The topological polar surface area (TPSA) is 81.8 Å². The van der Waals surface area contributed by atoms with Crippen LogP contribution in [-0.2, 0) is 4.84 Å². The third-order valence-electron chi connectivity index (χ3n) is 2.93. The third kappa shape index (κ3) is 4.24. The quantitative estimate of drug-likeness (QED) is 0.355. The summed E-state index contributed by atoms with van der Waals surface area (Å²) in [6.45, 7) is 1.75. The van der Waals surface area contributed by atoms with Gasteiger partial charge in [0.1, 0.15) is 0 Å². The van der Waals surface area contributed by atoms with Crippen LogP contribution in [0.5, 0.6) is 0 Å². The lowest BCUT2D eigenvalue weighted by Gasteiger charge is -2.00. The molecular weight excluding hydrogens is 284 g/mol. The van der Waals surface area contributed by atoms with E-state index >= 15 is 0 Å². The molecule has 0 amide bonds. The molecule has 6 heteroatoms. The maximum atomic E-state index is 11.8. The molecule has 0 aromatic heterocycles. The zero-order chi connectivity index (χ0) is 15.9. The Balaban J connectivity index is 1.90. The molecule has 6 nitrogen and oxygen atoms in total. The Morgan fingerprint density at radius 2 is 2.00 bits per heavy atom. The van der Waals surface area contributed by atoms with E-state index in [9.17, 15) is 14.9 Å². The number of oxime groups is 1. The van der Waals surface area contributed by atoms with Crippen LogP contribution in [0, 0.1) is 17.0 Å². The summed E-state index contributed by atoms with van der Waals surface area (Å²) in [5.41, 5.74) is 2.12. The normalized spacial score (nSPS) is 10.6. The van der Waals surface area contributed by atoms with Gasteiger partial charge in [-0.1, -0.05) is 47.1 Å². The van der Waals surface area contributed by atoms with E-state index in [1.165, 1.54) is 18.3 Å². The fraction of sp³-hybridized carbons (Fsp3) is 0.125. The monoisotopic (exact) mass is 298 g/mol. The second-order valence-corrected chi connectivity index (χ2v) is 4.65. The molecule has 0 fully saturated rings. The lowest BCUT2D eigenvalue weighted by Crippen LogP contribution is -2.06. The van der Waals surface area contributed by atoms with Crippen molar-refractivity contribution in [2.24, 2.45) is 5.16 Å². The standard InChI is InChI=1S/C16H14N2O4/c1-12-5-7-14(8-6-12)16(19)11-22-17-10-13-3-2-4-15(9-13)18(20)21/h2-10H,11H2,1H3/b17-10-. The lowest BCUT2D eigenvalue weighted by molar-refractivity contribution is -0.384. The number of Topliss-reactive ketones (excluding diaryl/α,β-unsaturated/α-hetero) is 1. The molecule has 0 heterocycles. The highest BCUT2D eigenvalue weighted by Crippen LogP contribution is 2.11. The average Bonchev–Trinajstić information content (AvgIpc) is 2.52. The number of hydrogen-bond acceptors (Lipinski definition) is 5. The van der Waals surface area contributed by atoms with Gasteiger partial charge in [-0.2, -0.15) is 0 Å². The highest BCUT2D eigenvalue weighted by Gasteiger charge is 2.06. The van der Waals surface area contributed by atoms with E-state index in [0.29, 0.717) is 11.1 Å². The molecule has 0 radical (unpaired) electrons. The number of nitrogens with zero attached hydrogens (tertiary/aromatic N) is 2. The van der Waals surface area contributed by atoms with Crippen molar-refractivity contribution >= 4 is 17.7 Å². The minimum absolute atomic E-state index is 0.0281. The van der Waals surface area contributed by atoms with Gasteiger partial charge in [-0.25, -0.2) is 0 Å². The van der Waals surface area contributed by atoms with Crippen LogP contribution < -0.4 is 0 Å². The van der Waals surface area contributed by atoms with Crippen molar-refractivity contribution in [1.82, 2.24) is 0 Å². The van der Waals surface area contributed by atoms with E-state index in [4.69, 9.17) is 4.84 Å². The molecule has 0 spiro atoms. The van der Waals surface area contributed by atoms with Crippen LogP contribution in [0.1, 0.15) is 21.5 Å². The van der Waals surface area contributed by atoms with Gasteiger partial charge in [0.2, 0.25) is 5.78 Å². The molecule has 0 unspecified atom stereocenters. The molecular formula is C16H14N2O4. The van der Waals surface area contributed by atoms with E-state index in [1.807, 2.05) is 19.1 Å². The maximum absolute atomic E-state index is 11.8. The summed E-state index contributed by atoms with van der Waals surface area (Å²) >= 11 is 0. The zero-order valence-corrected chi connectivity index (χ0v) is 11.9. The van der Waals surface area contributed by atoms with Crippen molar-refractivity contribution in [2.75, 3.05) is 6.61 Å². The summed E-state index contributed by atoms with van der Waals surface area (Å²) in [5, 5.41) is 14.3. The highest BCUT2D eigenvalue weighted by molar-refractivity contribution is 5.97. The summed E-state index contributed by atoms with van der Waals surface area (Å²) in [4.78, 5) is 26.9. The fourth-order valence-corrected chi connectivity index (χ4v) is 1.74. The Hall–Kier alpha value is -3.02. The molecule has 112 valence electrons. The number of carbonyl (C=O) groups is 1. The predicted octanol–water partition coefficient (Wildman–Crippen LogP) is 3.14. The van der Waals surface area contributed by atoms with E-state index < -0.39 is 4.92 Å². The van der Waals surface area contributed by atoms with Gasteiger partial charge >= 0.3 is 0 Å². The molecule has 0 aliphatic rings. The summed E-state index contributed by atoms with van der Waals surface area (Å²) in [6, 6.07) is 13.1. The Labute approximate surface area is 127 Å². The number of nitro groups is 1. The van der Waals surface area contributed by atoms with Crippen LogP contribution in [0.25, 0.3) is 0 Å². The molecule has 2 aromatic rings. The van der Waals surface area contributed by atoms with Crippen molar-refractivity contribution in [3.05, 3.63) is 75.3 Å². The summed E-state index contributed by atoms with van der Waals surface area (Å²) in [7, 11) is 0. The third-order valence-corrected chi connectivity index (χ3v) is 2.93. The summed E-state index contributed by atoms with van der Waals surface area (Å²) < 4.78 is 0. The Morgan fingerprint density at radius 3 is 2.68 bits per heavy atom. The second-order valence-electron chi connectivity index (χ2n) is 4.65. The Kier molecular flexibility index (Phi) is 4.98. The number of benzene rings is 2. The molecule has 0 saturated carbocycles. The average molecular weight is 298 g/mol. The molecule has 0 aliphatic carbocycles. The van der Waals surface area contributed by atoms with Gasteiger partial charge in [-0.3, -0.25) is 14.9 Å². The van der Waals surface area contributed by atoms with E-state index in [-0.39, 0.29) is 18.1 Å². The van der Waals surface area contributed by atoms with Crippen molar-refractivity contribution in [3.8, 4) is 0 Å². The molecule has 0 saturated heterocycles. The van der Waals surface area contributed by atoms with Gasteiger partial charge in [0.25, 0.3) is 5.69 Å². The molecule has 2 aromatic carbocycles. The molecule has 0 atom stereocenters. The first-order valence-electron chi connectivity index (χ1n) is 6.56. The molecule has 0 aliphatic heterocycles. The van der Waals surface area contributed by atoms with Crippen molar-refractivity contribution in [3.63, 3.8) is 0 Å². The fourth-order valence-electron chi connectivity index (χ4n) is 1.74. The minimum Gasteiger partial charge on any atom is -0.387 e. The SMILES string of the molecule is Cc1ccc(C(=O)CO/N=C\c2cccc([N+](=O)[O-])c2)cc1. The van der Waals surface area contributed by atoms with Crippen molar-refractivity contribution in [1.29, 1.82) is 0 Å². The Bertz CT molecular complexity index is 708. The first-order valence-corrected chi connectivity index (χ1v) is 6.56. The molecule has 22 heavy (non-hydrogen) atoms. The predicted molar refractivity (Wildman–Crippen MR) is 82.2 cm³/mol. The molecule has 0 N–H and O–H groups in total. The zero-order valence-electron chi connectivity index (χ0n) is 11.9.